The molecule has 0 aromatic heterocycles. The van der Waals surface area contributed by atoms with Gasteiger partial charge in [-0.2, -0.15) is 0 Å². The van der Waals surface area contributed by atoms with E-state index in [2.05, 4.69) is 22.8 Å². The average molecular weight is 408 g/mol. The molecular formula is C24H28N2O4. The number of rotatable bonds is 5. The number of alkyl carbamates (subject to hydrolysis) is 1. The van der Waals surface area contributed by atoms with E-state index in [1.54, 1.807) is 7.05 Å². The summed E-state index contributed by atoms with van der Waals surface area (Å²) in [5.41, 5.74) is 2.72. The number of amides is 2. The van der Waals surface area contributed by atoms with Crippen molar-refractivity contribution in [2.24, 2.45) is 0 Å². The van der Waals surface area contributed by atoms with Crippen molar-refractivity contribution >= 4 is 12.0 Å². The Labute approximate surface area is 177 Å². The van der Waals surface area contributed by atoms with Gasteiger partial charge in [-0.3, -0.25) is 4.79 Å². The summed E-state index contributed by atoms with van der Waals surface area (Å²) >= 11 is 0. The van der Waals surface area contributed by atoms with Crippen LogP contribution < -0.4 is 15.4 Å². The summed E-state index contributed by atoms with van der Waals surface area (Å²) < 4.78 is 11.2. The molecule has 0 unspecified atom stereocenters. The zero-order valence-corrected chi connectivity index (χ0v) is 17.3. The van der Waals surface area contributed by atoms with Gasteiger partial charge in [0.1, 0.15) is 11.9 Å². The Morgan fingerprint density at radius 3 is 2.60 bits per heavy atom. The molecule has 2 aromatic rings. The maximum absolute atomic E-state index is 13.0. The first-order chi connectivity index (χ1) is 14.6. The van der Waals surface area contributed by atoms with Gasteiger partial charge in [0.2, 0.25) is 0 Å². The van der Waals surface area contributed by atoms with Crippen LogP contribution in [0.25, 0.3) is 0 Å². The summed E-state index contributed by atoms with van der Waals surface area (Å²) in [4.78, 5) is 24.6. The number of hydrogen-bond acceptors (Lipinski definition) is 4. The van der Waals surface area contributed by atoms with E-state index in [0.29, 0.717) is 24.5 Å². The minimum Gasteiger partial charge on any atom is -0.492 e. The predicted octanol–water partition coefficient (Wildman–Crippen LogP) is 3.59. The van der Waals surface area contributed by atoms with Gasteiger partial charge in [0.25, 0.3) is 5.91 Å². The summed E-state index contributed by atoms with van der Waals surface area (Å²) in [6.07, 6.45) is 3.56. The number of fused-ring (bicyclic) bond motifs is 1. The molecule has 1 aliphatic carbocycles. The third-order valence-electron chi connectivity index (χ3n) is 6.30. The Morgan fingerprint density at radius 1 is 1.10 bits per heavy atom. The van der Waals surface area contributed by atoms with Gasteiger partial charge in [-0.15, -0.1) is 0 Å². The fraction of sp³-hybridized carbons (Fsp3) is 0.417. The van der Waals surface area contributed by atoms with Crippen molar-refractivity contribution in [1.29, 1.82) is 0 Å². The molecular weight excluding hydrogens is 380 g/mol. The van der Waals surface area contributed by atoms with Crippen molar-refractivity contribution in [3.8, 4) is 5.75 Å². The fourth-order valence-corrected chi connectivity index (χ4v) is 4.57. The van der Waals surface area contributed by atoms with E-state index in [1.807, 2.05) is 36.4 Å². The van der Waals surface area contributed by atoms with Crippen LogP contribution >= 0.6 is 0 Å². The van der Waals surface area contributed by atoms with Crippen LogP contribution in [0.4, 0.5) is 4.79 Å². The lowest BCUT2D eigenvalue weighted by atomic mass is 9.68. The molecule has 1 aliphatic heterocycles. The molecule has 6 heteroatoms. The van der Waals surface area contributed by atoms with Crippen molar-refractivity contribution in [2.75, 3.05) is 20.2 Å². The third kappa shape index (κ3) is 4.13. The van der Waals surface area contributed by atoms with Gasteiger partial charge in [0.05, 0.1) is 12.2 Å². The maximum Gasteiger partial charge on any atom is 0.407 e. The number of ether oxygens (including phenoxy) is 2. The van der Waals surface area contributed by atoms with E-state index >= 15 is 0 Å². The van der Waals surface area contributed by atoms with Crippen LogP contribution in [0.15, 0.2) is 48.5 Å². The van der Waals surface area contributed by atoms with Crippen LogP contribution in [0.2, 0.25) is 0 Å². The number of para-hydroxylation sites is 1. The second-order valence-corrected chi connectivity index (χ2v) is 8.08. The molecule has 1 saturated carbocycles. The minimum atomic E-state index is -0.390. The molecule has 0 spiro atoms. The largest absolute Gasteiger partial charge is 0.492 e. The number of nitrogens with one attached hydrogen (secondary N) is 2. The second-order valence-electron chi connectivity index (χ2n) is 8.08. The first-order valence-electron chi connectivity index (χ1n) is 10.6. The molecule has 158 valence electrons. The predicted molar refractivity (Wildman–Crippen MR) is 114 cm³/mol. The van der Waals surface area contributed by atoms with E-state index in [4.69, 9.17) is 9.47 Å². The summed E-state index contributed by atoms with van der Waals surface area (Å²) in [7, 11) is 1.57. The van der Waals surface area contributed by atoms with Gasteiger partial charge in [0.15, 0.2) is 0 Å². The molecule has 0 saturated heterocycles. The molecule has 6 nitrogen and oxygen atoms in total. The van der Waals surface area contributed by atoms with Gasteiger partial charge in [-0.05, 0) is 42.9 Å². The van der Waals surface area contributed by atoms with E-state index < -0.39 is 6.09 Å². The summed E-state index contributed by atoms with van der Waals surface area (Å²) in [5.74, 6) is 0.610. The first-order valence-corrected chi connectivity index (χ1v) is 10.6. The maximum atomic E-state index is 13.0. The molecule has 2 aromatic carbocycles. The van der Waals surface area contributed by atoms with Crippen LogP contribution in [-0.4, -0.2) is 38.3 Å². The van der Waals surface area contributed by atoms with Crippen molar-refractivity contribution in [2.45, 2.75) is 43.6 Å². The first kappa shape index (κ1) is 20.3. The minimum absolute atomic E-state index is 0.0942. The van der Waals surface area contributed by atoms with Gasteiger partial charge >= 0.3 is 6.09 Å². The van der Waals surface area contributed by atoms with Crippen molar-refractivity contribution in [3.05, 3.63) is 65.2 Å². The summed E-state index contributed by atoms with van der Waals surface area (Å²) in [6.45, 7) is 1.16. The van der Waals surface area contributed by atoms with Crippen LogP contribution in [0.1, 0.15) is 47.2 Å². The molecule has 0 atom stereocenters. The highest BCUT2D eigenvalue weighted by molar-refractivity contribution is 5.97. The average Bonchev–Trinajstić information content (AvgIpc) is 3.28. The Kier molecular flexibility index (Phi) is 5.93. The van der Waals surface area contributed by atoms with E-state index in [-0.39, 0.29) is 17.4 Å². The number of hydrogen-bond donors (Lipinski definition) is 2. The molecule has 1 fully saturated rings. The topological polar surface area (TPSA) is 76.7 Å². The molecule has 0 radical (unpaired) electrons. The zero-order chi connectivity index (χ0) is 21.0. The Morgan fingerprint density at radius 2 is 1.87 bits per heavy atom. The van der Waals surface area contributed by atoms with Crippen molar-refractivity contribution in [3.63, 3.8) is 0 Å². The van der Waals surface area contributed by atoms with Crippen molar-refractivity contribution in [1.82, 2.24) is 10.6 Å². The highest BCUT2D eigenvalue weighted by atomic mass is 16.6. The van der Waals surface area contributed by atoms with Crippen LogP contribution in [0.5, 0.6) is 5.75 Å². The lowest BCUT2D eigenvalue weighted by Gasteiger charge is -2.40. The molecule has 2 aliphatic rings. The van der Waals surface area contributed by atoms with Gasteiger partial charge in [0, 0.05) is 25.4 Å². The second kappa shape index (κ2) is 8.78. The molecule has 2 amide bonds. The number of carbonyl (C=O) groups is 2. The molecule has 4 rings (SSSR count). The van der Waals surface area contributed by atoms with E-state index in [1.165, 1.54) is 5.56 Å². The highest BCUT2D eigenvalue weighted by Gasteiger charge is 2.38. The standard InChI is InChI=1S/C24H28N2O4/c1-25-23(28)30-19-10-13-24(14-11-19,18-7-3-2-4-8-18)16-26-22(27)20-9-5-6-17-12-15-29-21(17)20/h2-9,19H,10-16H2,1H3,(H,25,28)(H,26,27). The smallest absolute Gasteiger partial charge is 0.407 e. The van der Waals surface area contributed by atoms with E-state index in [0.717, 1.165) is 37.7 Å². The van der Waals surface area contributed by atoms with Gasteiger partial charge in [-0.25, -0.2) is 4.79 Å². The van der Waals surface area contributed by atoms with E-state index in [9.17, 15) is 9.59 Å². The fourth-order valence-electron chi connectivity index (χ4n) is 4.57. The van der Waals surface area contributed by atoms with Gasteiger partial charge < -0.3 is 20.1 Å². The molecule has 30 heavy (non-hydrogen) atoms. The Bertz CT molecular complexity index is 905. The summed E-state index contributed by atoms with van der Waals surface area (Å²) in [5, 5.41) is 5.68. The molecule has 2 N–H and O–H groups in total. The third-order valence-corrected chi connectivity index (χ3v) is 6.30. The zero-order valence-electron chi connectivity index (χ0n) is 17.3. The van der Waals surface area contributed by atoms with Crippen LogP contribution in [-0.2, 0) is 16.6 Å². The Balaban J connectivity index is 1.49. The van der Waals surface area contributed by atoms with Crippen LogP contribution in [0, 0.1) is 0 Å². The highest BCUT2D eigenvalue weighted by Crippen LogP contribution is 2.40. The quantitative estimate of drug-likeness (QED) is 0.793. The number of carbonyl (C=O) groups excluding carboxylic acids is 2. The van der Waals surface area contributed by atoms with Gasteiger partial charge in [-0.1, -0.05) is 42.5 Å². The lowest BCUT2D eigenvalue weighted by Crippen LogP contribution is -2.45. The summed E-state index contributed by atoms with van der Waals surface area (Å²) in [6, 6.07) is 16.1. The van der Waals surface area contributed by atoms with Crippen LogP contribution in [0.3, 0.4) is 0 Å². The lowest BCUT2D eigenvalue weighted by molar-refractivity contribution is 0.0576. The normalized spacial score (nSPS) is 22.5. The number of benzene rings is 2. The SMILES string of the molecule is CNC(=O)OC1CCC(CNC(=O)c2cccc3c2OCC3)(c2ccccc2)CC1. The monoisotopic (exact) mass is 408 g/mol. The molecule has 1 heterocycles. The Hall–Kier alpha value is -3.02. The molecule has 0 bridgehead atoms. The van der Waals surface area contributed by atoms with Crippen molar-refractivity contribution < 1.29 is 19.1 Å².